The maximum absolute atomic E-state index is 12.8. The van der Waals surface area contributed by atoms with Gasteiger partial charge >= 0.3 is 5.51 Å². The SMILES string of the molecule is O=S(=O)(C1C=Cc2cccc3cccc1c23)C(F)(F)F. The Bertz CT molecular complexity index is 815. The van der Waals surface area contributed by atoms with Crippen molar-refractivity contribution in [2.24, 2.45) is 0 Å². The monoisotopic (exact) mass is 298 g/mol. The van der Waals surface area contributed by atoms with E-state index in [4.69, 9.17) is 0 Å². The van der Waals surface area contributed by atoms with Crippen LogP contribution in [0.1, 0.15) is 16.4 Å². The molecule has 0 heterocycles. The van der Waals surface area contributed by atoms with Crippen LogP contribution in [0.15, 0.2) is 42.5 Å². The Morgan fingerprint density at radius 2 is 1.65 bits per heavy atom. The van der Waals surface area contributed by atoms with Gasteiger partial charge in [0.05, 0.1) is 0 Å². The van der Waals surface area contributed by atoms with E-state index in [0.29, 0.717) is 5.39 Å². The van der Waals surface area contributed by atoms with Crippen molar-refractivity contribution in [3.8, 4) is 0 Å². The quantitative estimate of drug-likeness (QED) is 0.801. The van der Waals surface area contributed by atoms with Crippen molar-refractivity contribution in [2.45, 2.75) is 10.8 Å². The molecule has 0 spiro atoms. The van der Waals surface area contributed by atoms with E-state index < -0.39 is 20.6 Å². The van der Waals surface area contributed by atoms with Gasteiger partial charge in [0.15, 0.2) is 0 Å². The molecule has 0 radical (unpaired) electrons. The second kappa shape index (κ2) is 4.09. The highest BCUT2D eigenvalue weighted by Crippen LogP contribution is 2.42. The van der Waals surface area contributed by atoms with Gasteiger partial charge in [0.25, 0.3) is 9.84 Å². The molecule has 0 aliphatic heterocycles. The van der Waals surface area contributed by atoms with Crippen LogP contribution in [0.25, 0.3) is 16.8 Å². The van der Waals surface area contributed by atoms with Gasteiger partial charge in [-0.25, -0.2) is 8.42 Å². The van der Waals surface area contributed by atoms with E-state index in [0.717, 1.165) is 17.0 Å². The summed E-state index contributed by atoms with van der Waals surface area (Å²) in [5.74, 6) is 0. The molecule has 0 aromatic heterocycles. The number of alkyl halides is 3. The Balaban J connectivity index is 2.31. The maximum atomic E-state index is 12.8. The highest BCUT2D eigenvalue weighted by molar-refractivity contribution is 7.92. The summed E-state index contributed by atoms with van der Waals surface area (Å²) in [6.07, 6.45) is 2.53. The van der Waals surface area contributed by atoms with Gasteiger partial charge < -0.3 is 0 Å². The molecule has 0 fully saturated rings. The number of rotatable bonds is 1. The van der Waals surface area contributed by atoms with Crippen molar-refractivity contribution in [3.05, 3.63) is 53.6 Å². The van der Waals surface area contributed by atoms with Crippen molar-refractivity contribution in [1.82, 2.24) is 0 Å². The lowest BCUT2D eigenvalue weighted by Gasteiger charge is -2.22. The zero-order valence-electron chi connectivity index (χ0n) is 10.1. The molecule has 6 heteroatoms. The summed E-state index contributed by atoms with van der Waals surface area (Å²) in [5.41, 5.74) is -4.36. The molecule has 20 heavy (non-hydrogen) atoms. The van der Waals surface area contributed by atoms with Gasteiger partial charge in [-0.15, -0.1) is 0 Å². The molecule has 0 N–H and O–H groups in total. The van der Waals surface area contributed by atoms with E-state index >= 15 is 0 Å². The van der Waals surface area contributed by atoms with Crippen molar-refractivity contribution >= 4 is 26.7 Å². The van der Waals surface area contributed by atoms with Gasteiger partial charge in [-0.05, 0) is 21.9 Å². The predicted molar refractivity (Wildman–Crippen MR) is 70.7 cm³/mol. The summed E-state index contributed by atoms with van der Waals surface area (Å²) in [5, 5.41) is -0.386. The van der Waals surface area contributed by atoms with Crippen LogP contribution >= 0.6 is 0 Å². The minimum atomic E-state index is -5.28. The van der Waals surface area contributed by atoms with Crippen LogP contribution in [0, 0.1) is 0 Å². The molecule has 0 bridgehead atoms. The lowest BCUT2D eigenvalue weighted by Crippen LogP contribution is -2.29. The van der Waals surface area contributed by atoms with Crippen LogP contribution in [-0.2, 0) is 9.84 Å². The number of hydrogen-bond acceptors (Lipinski definition) is 2. The molecule has 2 aromatic carbocycles. The summed E-state index contributed by atoms with van der Waals surface area (Å²) in [7, 11) is -5.28. The fourth-order valence-electron chi connectivity index (χ4n) is 2.49. The third-order valence-corrected chi connectivity index (χ3v) is 5.11. The first-order valence-electron chi connectivity index (χ1n) is 5.82. The smallest absolute Gasteiger partial charge is 0.219 e. The Morgan fingerprint density at radius 1 is 1.00 bits per heavy atom. The average Bonchev–Trinajstić information content (AvgIpc) is 2.38. The first-order valence-corrected chi connectivity index (χ1v) is 7.37. The molecule has 104 valence electrons. The van der Waals surface area contributed by atoms with Crippen LogP contribution in [0.4, 0.5) is 13.2 Å². The molecule has 1 aliphatic carbocycles. The van der Waals surface area contributed by atoms with E-state index in [2.05, 4.69) is 0 Å². The van der Waals surface area contributed by atoms with Gasteiger partial charge in [-0.2, -0.15) is 13.2 Å². The Kier molecular flexibility index (Phi) is 2.69. The minimum absolute atomic E-state index is 0.179. The third kappa shape index (κ3) is 1.75. The molecular weight excluding hydrogens is 289 g/mol. The number of hydrogen-bond donors (Lipinski definition) is 0. The van der Waals surface area contributed by atoms with E-state index in [1.54, 1.807) is 30.3 Å². The second-order valence-electron chi connectivity index (χ2n) is 4.56. The van der Waals surface area contributed by atoms with Gasteiger partial charge in [0.2, 0.25) is 0 Å². The zero-order chi connectivity index (χ0) is 14.5. The van der Waals surface area contributed by atoms with Crippen molar-refractivity contribution in [3.63, 3.8) is 0 Å². The topological polar surface area (TPSA) is 34.1 Å². The number of halogens is 3. The van der Waals surface area contributed by atoms with E-state index in [1.807, 2.05) is 0 Å². The van der Waals surface area contributed by atoms with Crippen LogP contribution in [-0.4, -0.2) is 13.9 Å². The van der Waals surface area contributed by atoms with Crippen molar-refractivity contribution in [2.75, 3.05) is 0 Å². The van der Waals surface area contributed by atoms with Gasteiger partial charge in [0, 0.05) is 0 Å². The average molecular weight is 298 g/mol. The maximum Gasteiger partial charge on any atom is 0.498 e. The van der Waals surface area contributed by atoms with E-state index in [-0.39, 0.29) is 5.56 Å². The van der Waals surface area contributed by atoms with Gasteiger partial charge in [-0.3, -0.25) is 0 Å². The fourth-order valence-corrected chi connectivity index (χ4v) is 3.59. The molecule has 2 aromatic rings. The van der Waals surface area contributed by atoms with Crippen LogP contribution in [0.3, 0.4) is 0 Å². The molecule has 1 unspecified atom stereocenters. The molecule has 0 saturated heterocycles. The number of benzene rings is 2. The molecule has 1 aliphatic rings. The zero-order valence-corrected chi connectivity index (χ0v) is 10.9. The van der Waals surface area contributed by atoms with Crippen molar-refractivity contribution in [1.29, 1.82) is 0 Å². The van der Waals surface area contributed by atoms with E-state index in [9.17, 15) is 21.6 Å². The number of sulfone groups is 1. The summed E-state index contributed by atoms with van der Waals surface area (Å²) in [6, 6.07) is 10.0. The second-order valence-corrected chi connectivity index (χ2v) is 6.62. The molecule has 3 rings (SSSR count). The summed E-state index contributed by atoms with van der Waals surface area (Å²) in [4.78, 5) is 0. The lowest BCUT2D eigenvalue weighted by molar-refractivity contribution is -0.0441. The lowest BCUT2D eigenvalue weighted by atomic mass is 9.93. The first-order chi connectivity index (χ1) is 9.32. The van der Waals surface area contributed by atoms with Crippen LogP contribution in [0.2, 0.25) is 0 Å². The molecule has 0 amide bonds. The van der Waals surface area contributed by atoms with Gasteiger partial charge in [-0.1, -0.05) is 48.6 Å². The highest BCUT2D eigenvalue weighted by Gasteiger charge is 2.51. The Morgan fingerprint density at radius 3 is 2.30 bits per heavy atom. The van der Waals surface area contributed by atoms with Crippen molar-refractivity contribution < 1.29 is 21.6 Å². The summed E-state index contributed by atoms with van der Waals surface area (Å²) < 4.78 is 61.6. The molecule has 1 atom stereocenters. The molecule has 0 saturated carbocycles. The third-order valence-electron chi connectivity index (χ3n) is 3.38. The first kappa shape index (κ1) is 13.2. The molecule has 2 nitrogen and oxygen atoms in total. The Labute approximate surface area is 113 Å². The highest BCUT2D eigenvalue weighted by atomic mass is 32.2. The summed E-state index contributed by atoms with van der Waals surface area (Å²) >= 11 is 0. The Hall–Kier alpha value is -1.82. The van der Waals surface area contributed by atoms with E-state index in [1.165, 1.54) is 12.1 Å². The normalized spacial score (nSPS) is 18.4. The molecular formula is C14H9F3O2S. The predicted octanol–water partition coefficient (Wildman–Crippen LogP) is 3.84. The largest absolute Gasteiger partial charge is 0.498 e. The minimum Gasteiger partial charge on any atom is -0.219 e. The van der Waals surface area contributed by atoms with Crippen LogP contribution in [0.5, 0.6) is 0 Å². The van der Waals surface area contributed by atoms with Crippen LogP contribution < -0.4 is 0 Å². The summed E-state index contributed by atoms with van der Waals surface area (Å²) in [6.45, 7) is 0. The van der Waals surface area contributed by atoms with Gasteiger partial charge in [0.1, 0.15) is 5.25 Å². The standard InChI is InChI=1S/C14H9F3O2S/c15-14(16,17)20(18,19)12-8-7-10-4-1-3-9-5-2-6-11(12)13(9)10/h1-8,12H. The fraction of sp³-hybridized carbons (Fsp3) is 0.143.